The van der Waals surface area contributed by atoms with E-state index in [-0.39, 0.29) is 11.8 Å². The third-order valence-electron chi connectivity index (χ3n) is 5.20. The molecular weight excluding hydrogens is 304 g/mol. The Bertz CT molecular complexity index is 569. The van der Waals surface area contributed by atoms with Gasteiger partial charge in [-0.3, -0.25) is 9.59 Å². The second-order valence-electron chi connectivity index (χ2n) is 7.00. The minimum absolute atomic E-state index is 0.156. The predicted octanol–water partition coefficient (Wildman–Crippen LogP) is 1.87. The van der Waals surface area contributed by atoms with Gasteiger partial charge in [-0.1, -0.05) is 30.3 Å². The largest absolute Gasteiger partial charge is 0.481 e. The normalized spacial score (nSPS) is 24.9. The highest BCUT2D eigenvalue weighted by Crippen LogP contribution is 2.25. The number of aliphatic carboxylic acids is 1. The van der Waals surface area contributed by atoms with E-state index in [1.165, 1.54) is 5.56 Å². The first-order valence-electron chi connectivity index (χ1n) is 8.91. The Kier molecular flexibility index (Phi) is 5.51. The van der Waals surface area contributed by atoms with Crippen molar-refractivity contribution >= 4 is 11.9 Å². The molecule has 0 saturated carbocycles. The summed E-state index contributed by atoms with van der Waals surface area (Å²) in [6.07, 6.45) is 3.50. The molecule has 2 heterocycles. The van der Waals surface area contributed by atoms with E-state index in [4.69, 9.17) is 0 Å². The molecule has 0 bridgehead atoms. The van der Waals surface area contributed by atoms with Crippen LogP contribution in [0.15, 0.2) is 30.3 Å². The number of carbonyl (C=O) groups excluding carboxylic acids is 1. The molecule has 2 fully saturated rings. The number of hydrogen-bond acceptors (Lipinski definition) is 3. The van der Waals surface area contributed by atoms with Gasteiger partial charge >= 0.3 is 5.97 Å². The SMILES string of the molecule is O=C(O)[C@H]1C[C@H](C(=O)N2CCCC2)CN(CCc2ccccc2)C1. The quantitative estimate of drug-likeness (QED) is 0.895. The van der Waals surface area contributed by atoms with Gasteiger partial charge in [-0.15, -0.1) is 0 Å². The highest BCUT2D eigenvalue weighted by molar-refractivity contribution is 5.80. The summed E-state index contributed by atoms with van der Waals surface area (Å²) in [4.78, 5) is 28.3. The van der Waals surface area contributed by atoms with E-state index in [0.717, 1.165) is 38.9 Å². The minimum atomic E-state index is -0.779. The van der Waals surface area contributed by atoms with Crippen molar-refractivity contribution in [3.05, 3.63) is 35.9 Å². The number of carbonyl (C=O) groups is 2. The molecule has 2 aliphatic heterocycles. The predicted molar refractivity (Wildman–Crippen MR) is 91.6 cm³/mol. The molecule has 3 rings (SSSR count). The summed E-state index contributed by atoms with van der Waals surface area (Å²) < 4.78 is 0. The Morgan fingerprint density at radius 1 is 1.04 bits per heavy atom. The van der Waals surface area contributed by atoms with Crippen LogP contribution in [0.2, 0.25) is 0 Å². The van der Waals surface area contributed by atoms with Crippen molar-refractivity contribution in [1.29, 1.82) is 0 Å². The summed E-state index contributed by atoms with van der Waals surface area (Å²) >= 11 is 0. The highest BCUT2D eigenvalue weighted by atomic mass is 16.4. The van der Waals surface area contributed by atoms with Crippen molar-refractivity contribution in [3.8, 4) is 0 Å². The van der Waals surface area contributed by atoms with Crippen LogP contribution in [0.4, 0.5) is 0 Å². The van der Waals surface area contributed by atoms with Gasteiger partial charge in [-0.25, -0.2) is 0 Å². The van der Waals surface area contributed by atoms with Crippen molar-refractivity contribution in [2.45, 2.75) is 25.7 Å². The van der Waals surface area contributed by atoms with Gasteiger partial charge in [0.2, 0.25) is 5.91 Å². The van der Waals surface area contributed by atoms with Gasteiger partial charge in [0.15, 0.2) is 0 Å². The van der Waals surface area contributed by atoms with E-state index in [2.05, 4.69) is 17.0 Å². The number of benzene rings is 1. The van der Waals surface area contributed by atoms with Crippen LogP contribution in [0.5, 0.6) is 0 Å². The van der Waals surface area contributed by atoms with Crippen LogP contribution in [-0.2, 0) is 16.0 Å². The average molecular weight is 330 g/mol. The van der Waals surface area contributed by atoms with Crippen molar-refractivity contribution in [1.82, 2.24) is 9.80 Å². The van der Waals surface area contributed by atoms with E-state index in [1.807, 2.05) is 23.1 Å². The molecule has 24 heavy (non-hydrogen) atoms. The number of amides is 1. The van der Waals surface area contributed by atoms with E-state index in [0.29, 0.717) is 19.5 Å². The third kappa shape index (κ3) is 4.15. The van der Waals surface area contributed by atoms with Gasteiger partial charge in [0.05, 0.1) is 11.8 Å². The number of likely N-dealkylation sites (tertiary alicyclic amines) is 2. The minimum Gasteiger partial charge on any atom is -0.481 e. The number of piperidine rings is 1. The molecule has 0 spiro atoms. The Morgan fingerprint density at radius 2 is 1.71 bits per heavy atom. The van der Waals surface area contributed by atoms with Crippen molar-refractivity contribution in [2.24, 2.45) is 11.8 Å². The topological polar surface area (TPSA) is 60.9 Å². The van der Waals surface area contributed by atoms with Gasteiger partial charge in [0.1, 0.15) is 0 Å². The van der Waals surface area contributed by atoms with Gasteiger partial charge in [-0.05, 0) is 31.2 Å². The number of nitrogens with zero attached hydrogens (tertiary/aromatic N) is 2. The monoisotopic (exact) mass is 330 g/mol. The van der Waals surface area contributed by atoms with Crippen LogP contribution in [0, 0.1) is 11.8 Å². The summed E-state index contributed by atoms with van der Waals surface area (Å²) in [5, 5.41) is 9.45. The fraction of sp³-hybridized carbons (Fsp3) is 0.579. The third-order valence-corrected chi connectivity index (χ3v) is 5.20. The number of carboxylic acids is 1. The van der Waals surface area contributed by atoms with Crippen LogP contribution >= 0.6 is 0 Å². The molecule has 1 N–H and O–H groups in total. The van der Waals surface area contributed by atoms with Crippen LogP contribution in [0.1, 0.15) is 24.8 Å². The summed E-state index contributed by atoms with van der Waals surface area (Å²) in [6.45, 7) is 3.70. The number of carboxylic acid groups (broad SMARTS) is 1. The second-order valence-corrected chi connectivity index (χ2v) is 7.00. The lowest BCUT2D eigenvalue weighted by molar-refractivity contribution is -0.147. The summed E-state index contributed by atoms with van der Waals surface area (Å²) in [7, 11) is 0. The average Bonchev–Trinajstić information content (AvgIpc) is 3.14. The lowest BCUT2D eigenvalue weighted by atomic mass is 9.88. The van der Waals surface area contributed by atoms with E-state index < -0.39 is 11.9 Å². The van der Waals surface area contributed by atoms with Crippen molar-refractivity contribution in [3.63, 3.8) is 0 Å². The molecule has 0 aromatic heterocycles. The zero-order valence-corrected chi connectivity index (χ0v) is 14.1. The Morgan fingerprint density at radius 3 is 2.38 bits per heavy atom. The van der Waals surface area contributed by atoms with Crippen LogP contribution in [0.3, 0.4) is 0 Å². The Balaban J connectivity index is 1.62. The standard InChI is InChI=1S/C19H26N2O3/c22-18(21-9-4-5-10-21)16-12-17(19(23)24)14-20(13-16)11-8-15-6-2-1-3-7-15/h1-3,6-7,16-17H,4-5,8-14H2,(H,23,24)/t16-,17-/m0/s1. The first-order valence-corrected chi connectivity index (χ1v) is 8.91. The lowest BCUT2D eigenvalue weighted by Crippen LogP contribution is -2.49. The van der Waals surface area contributed by atoms with Gasteiger partial charge in [-0.2, -0.15) is 0 Å². The first-order chi connectivity index (χ1) is 11.6. The van der Waals surface area contributed by atoms with Gasteiger partial charge in [0, 0.05) is 32.7 Å². The van der Waals surface area contributed by atoms with Crippen molar-refractivity contribution in [2.75, 3.05) is 32.7 Å². The molecule has 5 heteroatoms. The first kappa shape index (κ1) is 17.0. The summed E-state index contributed by atoms with van der Waals surface area (Å²) in [5.74, 6) is -1.23. The molecule has 5 nitrogen and oxygen atoms in total. The summed E-state index contributed by atoms with van der Waals surface area (Å²) in [5.41, 5.74) is 1.25. The van der Waals surface area contributed by atoms with E-state index >= 15 is 0 Å². The van der Waals surface area contributed by atoms with Gasteiger partial charge < -0.3 is 14.9 Å². The maximum atomic E-state index is 12.7. The molecule has 2 aliphatic rings. The molecule has 2 saturated heterocycles. The van der Waals surface area contributed by atoms with Crippen LogP contribution in [-0.4, -0.2) is 59.5 Å². The second kappa shape index (κ2) is 7.79. The molecule has 0 radical (unpaired) electrons. The fourth-order valence-electron chi connectivity index (χ4n) is 3.86. The zero-order valence-electron chi connectivity index (χ0n) is 14.1. The maximum absolute atomic E-state index is 12.7. The molecule has 1 aromatic rings. The molecule has 0 aliphatic carbocycles. The number of hydrogen-bond donors (Lipinski definition) is 1. The lowest BCUT2D eigenvalue weighted by Gasteiger charge is -2.37. The Labute approximate surface area is 143 Å². The Hall–Kier alpha value is -1.88. The molecular formula is C19H26N2O3. The zero-order chi connectivity index (χ0) is 16.9. The molecule has 2 atom stereocenters. The smallest absolute Gasteiger partial charge is 0.307 e. The van der Waals surface area contributed by atoms with Crippen molar-refractivity contribution < 1.29 is 14.7 Å². The number of rotatable bonds is 5. The molecule has 1 amide bonds. The highest BCUT2D eigenvalue weighted by Gasteiger charge is 2.37. The van der Waals surface area contributed by atoms with E-state index in [9.17, 15) is 14.7 Å². The molecule has 1 aromatic carbocycles. The maximum Gasteiger partial charge on any atom is 0.307 e. The fourth-order valence-corrected chi connectivity index (χ4v) is 3.86. The van der Waals surface area contributed by atoms with E-state index in [1.54, 1.807) is 0 Å². The van der Waals surface area contributed by atoms with Crippen LogP contribution < -0.4 is 0 Å². The van der Waals surface area contributed by atoms with Gasteiger partial charge in [0.25, 0.3) is 0 Å². The van der Waals surface area contributed by atoms with Crippen LogP contribution in [0.25, 0.3) is 0 Å². The summed E-state index contributed by atoms with van der Waals surface area (Å²) in [6, 6.07) is 10.2. The molecule has 0 unspecified atom stereocenters. The molecule has 130 valence electrons.